The lowest BCUT2D eigenvalue weighted by atomic mass is 9.73. The molecule has 1 aliphatic heterocycles. The largest absolute Gasteiger partial charge is 0.449 e. The van der Waals surface area contributed by atoms with E-state index in [0.717, 1.165) is 17.0 Å². The summed E-state index contributed by atoms with van der Waals surface area (Å²) in [7, 11) is 0. The maximum Gasteiger partial charge on any atom is 0.416 e. The predicted molar refractivity (Wildman–Crippen MR) is 119 cm³/mol. The van der Waals surface area contributed by atoms with Gasteiger partial charge >= 0.3 is 24.6 Å². The van der Waals surface area contributed by atoms with Crippen LogP contribution in [0.1, 0.15) is 66.3 Å². The van der Waals surface area contributed by atoms with Crippen LogP contribution in [0.5, 0.6) is 0 Å². The van der Waals surface area contributed by atoms with E-state index in [1.807, 2.05) is 0 Å². The van der Waals surface area contributed by atoms with Crippen molar-refractivity contribution in [3.8, 4) is 0 Å². The van der Waals surface area contributed by atoms with Crippen molar-refractivity contribution in [3.63, 3.8) is 0 Å². The molecule has 0 aromatic heterocycles. The highest BCUT2D eigenvalue weighted by atomic mass is 19.4. The lowest BCUT2D eigenvalue weighted by Crippen LogP contribution is -2.46. The van der Waals surface area contributed by atoms with Gasteiger partial charge in [-0.15, -0.1) is 0 Å². The van der Waals surface area contributed by atoms with Crippen molar-refractivity contribution in [2.24, 2.45) is 0 Å². The van der Waals surface area contributed by atoms with Gasteiger partial charge in [0.05, 0.1) is 35.6 Å². The number of alkyl halides is 9. The second-order valence-corrected chi connectivity index (χ2v) is 8.87. The molecule has 3 rings (SSSR count). The lowest BCUT2D eigenvalue weighted by molar-refractivity contribution is -0.143. The van der Waals surface area contributed by atoms with E-state index in [0.29, 0.717) is 18.2 Å². The molecule has 0 spiro atoms. The Morgan fingerprint density at radius 3 is 1.92 bits per heavy atom. The summed E-state index contributed by atoms with van der Waals surface area (Å²) < 4.78 is 127. The van der Waals surface area contributed by atoms with Crippen molar-refractivity contribution in [1.82, 2.24) is 0 Å². The Labute approximate surface area is 212 Å². The molecule has 38 heavy (non-hydrogen) atoms. The molecule has 0 saturated heterocycles. The van der Waals surface area contributed by atoms with E-state index >= 15 is 0 Å². The second-order valence-electron chi connectivity index (χ2n) is 8.87. The number of nitrogens with zero attached hydrogens (tertiary/aromatic N) is 1. The van der Waals surface area contributed by atoms with Crippen LogP contribution >= 0.6 is 0 Å². The summed E-state index contributed by atoms with van der Waals surface area (Å²) in [6, 6.07) is 2.59. The third-order valence-corrected chi connectivity index (χ3v) is 6.56. The number of benzene rings is 2. The van der Waals surface area contributed by atoms with Gasteiger partial charge in [-0.05, 0) is 73.2 Å². The molecule has 210 valence electrons. The van der Waals surface area contributed by atoms with Gasteiger partial charge in [0, 0.05) is 12.0 Å². The van der Waals surface area contributed by atoms with Crippen molar-refractivity contribution >= 4 is 11.8 Å². The molecule has 0 bridgehead atoms. The molecule has 3 atom stereocenters. The van der Waals surface area contributed by atoms with E-state index in [-0.39, 0.29) is 36.8 Å². The third-order valence-electron chi connectivity index (χ3n) is 6.56. The van der Waals surface area contributed by atoms with Crippen LogP contribution in [0.2, 0.25) is 0 Å². The third kappa shape index (κ3) is 6.02. The topological polar surface area (TPSA) is 49.8 Å². The zero-order chi connectivity index (χ0) is 28.6. The van der Waals surface area contributed by atoms with E-state index in [9.17, 15) is 49.4 Å². The number of aliphatic hydroxyl groups excluding tert-OH is 1. The minimum atomic E-state index is -5.16. The van der Waals surface area contributed by atoms with Crippen LogP contribution in [0.25, 0.3) is 0 Å². The van der Waals surface area contributed by atoms with E-state index in [4.69, 9.17) is 4.74 Å². The highest BCUT2D eigenvalue weighted by Crippen LogP contribution is 2.49. The Morgan fingerprint density at radius 2 is 1.47 bits per heavy atom. The predicted octanol–water partition coefficient (Wildman–Crippen LogP) is 7.75. The molecule has 13 heteroatoms. The van der Waals surface area contributed by atoms with Gasteiger partial charge in [-0.25, -0.2) is 4.79 Å². The van der Waals surface area contributed by atoms with Gasteiger partial charge in [0.2, 0.25) is 0 Å². The summed E-state index contributed by atoms with van der Waals surface area (Å²) in [5.41, 5.74) is -5.06. The summed E-state index contributed by atoms with van der Waals surface area (Å²) in [5, 5.41) is 10.2. The molecule has 0 aliphatic carbocycles. The number of hydrogen-bond acceptors (Lipinski definition) is 3. The number of ether oxygens (including phenoxy) is 1. The van der Waals surface area contributed by atoms with Gasteiger partial charge in [0.1, 0.15) is 0 Å². The first-order valence-electron chi connectivity index (χ1n) is 11.6. The fraction of sp³-hybridized carbons (Fsp3) is 0.480. The number of anilines is 1. The van der Waals surface area contributed by atoms with Gasteiger partial charge < -0.3 is 9.84 Å². The quantitative estimate of drug-likeness (QED) is 0.383. The fourth-order valence-corrected chi connectivity index (χ4v) is 4.80. The summed E-state index contributed by atoms with van der Waals surface area (Å²) in [6.45, 7) is 2.17. The molecular weight excluding hydrogens is 533 g/mol. The average Bonchev–Trinajstić information content (AvgIpc) is 2.82. The highest BCUT2D eigenvalue weighted by molar-refractivity contribution is 5.90. The van der Waals surface area contributed by atoms with E-state index in [1.165, 1.54) is 6.92 Å². The van der Waals surface area contributed by atoms with Crippen LogP contribution in [0, 0.1) is 0 Å². The monoisotopic (exact) mass is 557 g/mol. The van der Waals surface area contributed by atoms with Crippen LogP contribution in [0.3, 0.4) is 0 Å². The van der Waals surface area contributed by atoms with Crippen molar-refractivity contribution in [2.45, 2.75) is 63.1 Å². The van der Waals surface area contributed by atoms with Crippen LogP contribution in [-0.4, -0.2) is 30.5 Å². The van der Waals surface area contributed by atoms with Crippen LogP contribution < -0.4 is 4.90 Å². The Morgan fingerprint density at radius 1 is 0.921 bits per heavy atom. The molecule has 1 amide bonds. The first-order chi connectivity index (χ1) is 17.5. The normalized spacial score (nSPS) is 19.2. The maximum absolute atomic E-state index is 13.6. The molecule has 2 aromatic carbocycles. The molecule has 4 nitrogen and oxygen atoms in total. The molecular formula is C25H24F9NO3. The SMILES string of the molecule is CCOC(=O)N1c2ccc(C(F)(F)F)cc2C(C(CO)c2cc(C(F)(F)F)cc(C(F)(F)F)c2)CC1CC. The summed E-state index contributed by atoms with van der Waals surface area (Å²) >= 11 is 0. The molecule has 1 N–H and O–H groups in total. The molecule has 1 heterocycles. The molecule has 0 radical (unpaired) electrons. The first kappa shape index (κ1) is 29.6. The second kappa shape index (κ2) is 10.7. The Balaban J connectivity index is 2.27. The van der Waals surface area contributed by atoms with E-state index in [1.54, 1.807) is 6.92 Å². The number of hydrogen-bond donors (Lipinski definition) is 1. The number of carbonyl (C=O) groups excluding carboxylic acids is 1. The van der Waals surface area contributed by atoms with Gasteiger partial charge in [0.15, 0.2) is 0 Å². The van der Waals surface area contributed by atoms with Gasteiger partial charge in [-0.3, -0.25) is 4.90 Å². The number of rotatable bonds is 5. The highest BCUT2D eigenvalue weighted by Gasteiger charge is 2.43. The number of amides is 1. The molecule has 0 fully saturated rings. The van der Waals surface area contributed by atoms with E-state index < -0.39 is 71.4 Å². The number of halogens is 9. The van der Waals surface area contributed by atoms with Crippen molar-refractivity contribution in [2.75, 3.05) is 18.1 Å². The smallest absolute Gasteiger partial charge is 0.416 e. The maximum atomic E-state index is 13.6. The van der Waals surface area contributed by atoms with E-state index in [2.05, 4.69) is 0 Å². The number of carbonyl (C=O) groups is 1. The summed E-state index contributed by atoms with van der Waals surface area (Å²) in [4.78, 5) is 13.9. The Bertz CT molecular complexity index is 1130. The molecule has 3 unspecified atom stereocenters. The first-order valence-corrected chi connectivity index (χ1v) is 11.6. The summed E-state index contributed by atoms with van der Waals surface area (Å²) in [5.74, 6) is -2.60. The molecule has 1 aliphatic rings. The van der Waals surface area contributed by atoms with Gasteiger partial charge in [-0.1, -0.05) is 6.92 Å². The minimum absolute atomic E-state index is 0.0268. The molecule has 2 aromatic rings. The van der Waals surface area contributed by atoms with Crippen LogP contribution in [0.15, 0.2) is 36.4 Å². The lowest BCUT2D eigenvalue weighted by Gasteiger charge is -2.42. The van der Waals surface area contributed by atoms with Crippen LogP contribution in [0.4, 0.5) is 50.0 Å². The number of aliphatic hydroxyl groups is 1. The molecule has 0 saturated carbocycles. The fourth-order valence-electron chi connectivity index (χ4n) is 4.80. The van der Waals surface area contributed by atoms with Gasteiger partial charge in [-0.2, -0.15) is 39.5 Å². The van der Waals surface area contributed by atoms with Crippen LogP contribution in [-0.2, 0) is 23.3 Å². The zero-order valence-electron chi connectivity index (χ0n) is 20.1. The Hall–Kier alpha value is -2.96. The number of fused-ring (bicyclic) bond motifs is 1. The van der Waals surface area contributed by atoms with Crippen molar-refractivity contribution in [3.05, 3.63) is 64.2 Å². The standard InChI is InChI=1S/C25H24F9NO3/c1-3-17-11-18(19-10-14(23(26,27)28)5-6-21(19)35(17)22(37)38-4-2)20(12-36)13-7-15(24(29,30)31)9-16(8-13)25(32,33)34/h5-10,17-18,20,36H,3-4,11-12H2,1-2H3. The minimum Gasteiger partial charge on any atom is -0.449 e. The van der Waals surface area contributed by atoms with Gasteiger partial charge in [0.25, 0.3) is 0 Å². The Kier molecular flexibility index (Phi) is 8.30. The zero-order valence-corrected chi connectivity index (χ0v) is 20.1. The van der Waals surface area contributed by atoms with Crippen molar-refractivity contribution in [1.29, 1.82) is 0 Å². The van der Waals surface area contributed by atoms with Crippen molar-refractivity contribution < 1.29 is 54.2 Å². The summed E-state index contributed by atoms with van der Waals surface area (Å²) in [6.07, 6.45) is -15.9. The average molecular weight is 557 g/mol.